The number of aliphatic hydroxyl groups is 2. The van der Waals surface area contributed by atoms with Crippen molar-refractivity contribution in [1.29, 1.82) is 0 Å². The van der Waals surface area contributed by atoms with Gasteiger partial charge in [-0.05, 0) is 0 Å². The maximum absolute atomic E-state index is 14.3. The third-order valence-electron chi connectivity index (χ3n) is 4.27. The molecule has 28 heavy (non-hydrogen) atoms. The minimum atomic E-state index is -1.40. The predicted octanol–water partition coefficient (Wildman–Crippen LogP) is -0.125. The van der Waals surface area contributed by atoms with Gasteiger partial charge in [-0.25, -0.2) is 0 Å². The van der Waals surface area contributed by atoms with Crippen molar-refractivity contribution < 1.29 is 19.4 Å². The molecule has 12 heteroatoms. The number of halogens is 1. The van der Waals surface area contributed by atoms with E-state index >= 15 is 0 Å². The molecular weight excluding hydrogens is 440 g/mol. The van der Waals surface area contributed by atoms with Crippen LogP contribution in [0, 0.1) is 5.82 Å². The number of carbonyl (C=O) groups is 1. The van der Waals surface area contributed by atoms with E-state index in [2.05, 4.69) is 10.0 Å². The van der Waals surface area contributed by atoms with E-state index in [9.17, 15) is 29.0 Å². The topological polar surface area (TPSA) is 150 Å². The number of hydrogen-bond donors (Lipinski definition) is 2. The van der Waals surface area contributed by atoms with Crippen LogP contribution in [0.2, 0.25) is 4.82 Å². The molecule has 2 heterocycles. The fourth-order valence-electron chi connectivity index (χ4n) is 2.91. The Hall–Kier alpha value is -2.75. The first-order chi connectivity index (χ1) is 13.4. The Bertz CT molecular complexity index is 1070. The average Bonchev–Trinajstić information content (AvgIpc) is 3.01. The van der Waals surface area contributed by atoms with E-state index in [0.29, 0.717) is 6.20 Å². The predicted molar refractivity (Wildman–Crippen MR) is 95.7 cm³/mol. The van der Waals surface area contributed by atoms with E-state index in [0.717, 1.165) is 4.57 Å². The molecule has 1 aromatic heterocycles. The van der Waals surface area contributed by atoms with Gasteiger partial charge in [0.05, 0.1) is 0 Å². The van der Waals surface area contributed by atoms with E-state index in [-0.39, 0.29) is 10.1 Å². The van der Waals surface area contributed by atoms with E-state index in [1.165, 1.54) is 24.3 Å². The number of nitrogens with zero attached hydrogens (tertiary/aromatic N) is 5. The molecule has 0 aliphatic carbocycles. The Morgan fingerprint density at radius 1 is 1.32 bits per heavy atom. The summed E-state index contributed by atoms with van der Waals surface area (Å²) in [6.45, 7) is -0.422. The van der Waals surface area contributed by atoms with Gasteiger partial charge in [-0.1, -0.05) is 0 Å². The SMILES string of the molecule is [N-]=[N+]=NC1C(O)[C@@H](CO)[Se][C@H]1n1cc(F)c(=O)n(C(=O)c2ccccc2)c1=O. The quantitative estimate of drug-likeness (QED) is 0.286. The molecule has 4 atom stereocenters. The van der Waals surface area contributed by atoms with Crippen molar-refractivity contribution in [2.45, 2.75) is 21.9 Å². The summed E-state index contributed by atoms with van der Waals surface area (Å²) < 4.78 is 15.2. The van der Waals surface area contributed by atoms with Crippen molar-refractivity contribution >= 4 is 20.9 Å². The summed E-state index contributed by atoms with van der Waals surface area (Å²) >= 11 is -0.679. The van der Waals surface area contributed by atoms with Crippen LogP contribution in [0.25, 0.3) is 10.4 Å². The second kappa shape index (κ2) is 8.09. The number of azide groups is 1. The summed E-state index contributed by atoms with van der Waals surface area (Å²) in [6, 6.07) is 6.27. The molecule has 2 N–H and O–H groups in total. The molecule has 1 aromatic carbocycles. The third-order valence-corrected chi connectivity index (χ3v) is 7.55. The fourth-order valence-corrected chi connectivity index (χ4v) is 5.90. The van der Waals surface area contributed by atoms with E-state index in [1.807, 2.05) is 0 Å². The van der Waals surface area contributed by atoms with Crippen molar-refractivity contribution in [1.82, 2.24) is 9.13 Å². The summed E-state index contributed by atoms with van der Waals surface area (Å²) in [5.74, 6) is -2.35. The van der Waals surface area contributed by atoms with Crippen LogP contribution in [0.3, 0.4) is 0 Å². The molecule has 0 bridgehead atoms. The Morgan fingerprint density at radius 2 is 2.00 bits per heavy atom. The molecule has 2 unspecified atom stereocenters. The molecule has 0 saturated carbocycles. The van der Waals surface area contributed by atoms with Crippen LogP contribution >= 0.6 is 0 Å². The first kappa shape index (κ1) is 20.0. The van der Waals surface area contributed by atoms with Gasteiger partial charge in [0.25, 0.3) is 0 Å². The fraction of sp³-hybridized carbons (Fsp3) is 0.312. The second-order valence-electron chi connectivity index (χ2n) is 5.91. The summed E-state index contributed by atoms with van der Waals surface area (Å²) in [7, 11) is 0. The number of carbonyl (C=O) groups excluding carboxylic acids is 1. The van der Waals surface area contributed by atoms with Crippen LogP contribution < -0.4 is 11.2 Å². The summed E-state index contributed by atoms with van der Waals surface area (Å²) in [4.78, 5) is 38.6. The molecular formula is C16H14FN5O5Se. The van der Waals surface area contributed by atoms with E-state index < -0.39 is 66.4 Å². The standard InChI is InChI=1S/C16H14FN5O5Se/c17-9-6-21(15-11(19-20-18)12(24)10(7-23)28-15)16(27)22(14(9)26)13(25)8-4-2-1-3-5-8/h1-6,10-12,15,23-24H,7H2/t10-,11?,12?,15-/m1/s1. The molecule has 0 radical (unpaired) electrons. The molecule has 3 rings (SSSR count). The number of aromatic nitrogens is 2. The Morgan fingerprint density at radius 3 is 2.61 bits per heavy atom. The minimum absolute atomic E-state index is 0.00986. The molecule has 10 nitrogen and oxygen atoms in total. The molecule has 1 aliphatic rings. The molecule has 1 saturated heterocycles. The third kappa shape index (κ3) is 3.39. The number of benzene rings is 1. The first-order valence-electron chi connectivity index (χ1n) is 8.02. The number of hydrogen-bond acceptors (Lipinski definition) is 6. The molecule has 2 aromatic rings. The van der Waals surface area contributed by atoms with Gasteiger partial charge in [0.15, 0.2) is 0 Å². The van der Waals surface area contributed by atoms with Crippen LogP contribution in [-0.2, 0) is 0 Å². The molecule has 0 amide bonds. The monoisotopic (exact) mass is 455 g/mol. The maximum atomic E-state index is 14.3. The zero-order valence-corrected chi connectivity index (χ0v) is 15.8. The van der Waals surface area contributed by atoms with Crippen LogP contribution in [0.15, 0.2) is 51.2 Å². The van der Waals surface area contributed by atoms with Gasteiger partial charge >= 0.3 is 162 Å². The second-order valence-corrected chi connectivity index (χ2v) is 8.77. The zero-order valence-electron chi connectivity index (χ0n) is 14.1. The van der Waals surface area contributed by atoms with Gasteiger partial charge < -0.3 is 0 Å². The molecule has 146 valence electrons. The van der Waals surface area contributed by atoms with Gasteiger partial charge in [0, 0.05) is 0 Å². The van der Waals surface area contributed by atoms with Gasteiger partial charge in [-0.2, -0.15) is 0 Å². The first-order valence-corrected chi connectivity index (χ1v) is 10.0. The average molecular weight is 454 g/mol. The van der Waals surface area contributed by atoms with Crippen molar-refractivity contribution in [3.8, 4) is 0 Å². The van der Waals surface area contributed by atoms with Crippen LogP contribution in [0.1, 0.15) is 15.3 Å². The van der Waals surface area contributed by atoms with Gasteiger partial charge in [0.1, 0.15) is 0 Å². The summed E-state index contributed by atoms with van der Waals surface area (Å²) in [6.07, 6.45) is -0.607. The number of aliphatic hydroxyl groups excluding tert-OH is 2. The van der Waals surface area contributed by atoms with E-state index in [1.54, 1.807) is 6.07 Å². The van der Waals surface area contributed by atoms with Crippen molar-refractivity contribution in [2.24, 2.45) is 5.11 Å². The van der Waals surface area contributed by atoms with E-state index in [4.69, 9.17) is 5.53 Å². The van der Waals surface area contributed by atoms with Crippen molar-refractivity contribution in [3.05, 3.63) is 79.2 Å². The Balaban J connectivity index is 2.17. The van der Waals surface area contributed by atoms with Gasteiger partial charge in [0.2, 0.25) is 0 Å². The molecule has 1 aliphatic heterocycles. The van der Waals surface area contributed by atoms with Crippen LogP contribution in [0.5, 0.6) is 0 Å². The Labute approximate surface area is 162 Å². The number of rotatable bonds is 4. The summed E-state index contributed by atoms with van der Waals surface area (Å²) in [5.41, 5.74) is 6.24. The zero-order chi connectivity index (χ0) is 20.4. The normalized spacial score (nSPS) is 24.0. The van der Waals surface area contributed by atoms with Crippen molar-refractivity contribution in [3.63, 3.8) is 0 Å². The van der Waals surface area contributed by atoms with Crippen molar-refractivity contribution in [2.75, 3.05) is 6.61 Å². The molecule has 0 spiro atoms. The molecule has 1 fully saturated rings. The summed E-state index contributed by atoms with van der Waals surface area (Å²) in [5, 5.41) is 23.1. The van der Waals surface area contributed by atoms with Crippen LogP contribution in [0.4, 0.5) is 4.39 Å². The van der Waals surface area contributed by atoms with Crippen LogP contribution in [-0.4, -0.2) is 59.0 Å². The van der Waals surface area contributed by atoms with Gasteiger partial charge in [-0.3, -0.25) is 0 Å². The Kier molecular flexibility index (Phi) is 5.78. The van der Waals surface area contributed by atoms with Gasteiger partial charge in [-0.15, -0.1) is 0 Å².